The van der Waals surface area contributed by atoms with E-state index in [-0.39, 0.29) is 11.9 Å². The quantitative estimate of drug-likeness (QED) is 0.822. The van der Waals surface area contributed by atoms with Crippen molar-refractivity contribution >= 4 is 17.5 Å². The molecular formula is C12H20ClN3O. The zero-order valence-electron chi connectivity index (χ0n) is 10.8. The lowest BCUT2D eigenvalue weighted by molar-refractivity contribution is 0.0936. The van der Waals surface area contributed by atoms with Crippen LogP contribution in [0, 0.1) is 12.8 Å². The van der Waals surface area contributed by atoms with E-state index in [4.69, 9.17) is 11.6 Å². The summed E-state index contributed by atoms with van der Waals surface area (Å²) in [5.41, 5.74) is 1.36. The maximum Gasteiger partial charge on any atom is 0.255 e. The van der Waals surface area contributed by atoms with Gasteiger partial charge in [-0.2, -0.15) is 5.10 Å². The first kappa shape index (κ1) is 14.0. The van der Waals surface area contributed by atoms with Crippen LogP contribution in [0.15, 0.2) is 6.20 Å². The smallest absolute Gasteiger partial charge is 0.255 e. The fraction of sp³-hybridized carbons (Fsp3) is 0.667. The predicted molar refractivity (Wildman–Crippen MR) is 69.4 cm³/mol. The number of alkyl halides is 1. The molecule has 96 valence electrons. The molecular weight excluding hydrogens is 238 g/mol. The van der Waals surface area contributed by atoms with Crippen LogP contribution in [0.3, 0.4) is 0 Å². The molecule has 4 nitrogen and oxygen atoms in total. The van der Waals surface area contributed by atoms with Crippen molar-refractivity contribution in [2.24, 2.45) is 13.0 Å². The Morgan fingerprint density at radius 1 is 1.59 bits per heavy atom. The molecule has 1 unspecified atom stereocenters. The lowest BCUT2D eigenvalue weighted by atomic mass is 10.0. The van der Waals surface area contributed by atoms with E-state index in [2.05, 4.69) is 24.3 Å². The number of rotatable bonds is 5. The van der Waals surface area contributed by atoms with Gasteiger partial charge in [-0.25, -0.2) is 0 Å². The molecule has 0 aliphatic heterocycles. The molecule has 1 aromatic heterocycles. The molecule has 1 heterocycles. The Kier molecular flexibility index (Phi) is 5.00. The number of aromatic nitrogens is 2. The zero-order valence-corrected chi connectivity index (χ0v) is 11.6. The third kappa shape index (κ3) is 4.04. The maximum atomic E-state index is 12.0. The molecule has 0 aliphatic rings. The third-order valence-electron chi connectivity index (χ3n) is 2.54. The highest BCUT2D eigenvalue weighted by molar-refractivity contribution is 6.18. The minimum absolute atomic E-state index is 0.0174. The highest BCUT2D eigenvalue weighted by Gasteiger charge is 2.17. The summed E-state index contributed by atoms with van der Waals surface area (Å²) in [5, 5.41) is 7.09. The van der Waals surface area contributed by atoms with Gasteiger partial charge in [0, 0.05) is 25.2 Å². The van der Waals surface area contributed by atoms with E-state index in [9.17, 15) is 4.79 Å². The van der Waals surface area contributed by atoms with Gasteiger partial charge in [-0.15, -0.1) is 11.6 Å². The van der Waals surface area contributed by atoms with Gasteiger partial charge in [0.15, 0.2) is 0 Å². The molecule has 1 N–H and O–H groups in total. The Balaban J connectivity index is 2.67. The number of hydrogen-bond acceptors (Lipinski definition) is 2. The first-order chi connectivity index (χ1) is 7.93. The van der Waals surface area contributed by atoms with E-state index >= 15 is 0 Å². The SMILES string of the molecule is Cc1nn(C)cc1C(=O)NC(CCl)CC(C)C. The van der Waals surface area contributed by atoms with Gasteiger partial charge in [0.2, 0.25) is 0 Å². The van der Waals surface area contributed by atoms with Crippen LogP contribution in [0.4, 0.5) is 0 Å². The van der Waals surface area contributed by atoms with Crippen molar-refractivity contribution in [2.45, 2.75) is 33.2 Å². The van der Waals surface area contributed by atoms with Gasteiger partial charge in [0.25, 0.3) is 5.91 Å². The second-order valence-electron chi connectivity index (χ2n) is 4.76. The van der Waals surface area contributed by atoms with E-state index < -0.39 is 0 Å². The number of amides is 1. The lowest BCUT2D eigenvalue weighted by Gasteiger charge is -2.17. The summed E-state index contributed by atoms with van der Waals surface area (Å²) < 4.78 is 1.64. The van der Waals surface area contributed by atoms with Gasteiger partial charge in [0.1, 0.15) is 0 Å². The summed E-state index contributed by atoms with van der Waals surface area (Å²) in [6.07, 6.45) is 2.61. The van der Waals surface area contributed by atoms with Crippen LogP contribution in [0.5, 0.6) is 0 Å². The molecule has 1 rings (SSSR count). The molecule has 1 aromatic rings. The monoisotopic (exact) mass is 257 g/mol. The number of nitrogens with one attached hydrogen (secondary N) is 1. The molecule has 0 saturated carbocycles. The Labute approximate surface area is 107 Å². The Bertz CT molecular complexity index is 387. The second-order valence-corrected chi connectivity index (χ2v) is 5.06. The topological polar surface area (TPSA) is 46.9 Å². The number of carbonyl (C=O) groups excluding carboxylic acids is 1. The second kappa shape index (κ2) is 6.05. The summed E-state index contributed by atoms with van der Waals surface area (Å²) in [6.45, 7) is 6.05. The number of hydrogen-bond donors (Lipinski definition) is 1. The zero-order chi connectivity index (χ0) is 13.0. The van der Waals surface area contributed by atoms with E-state index in [0.29, 0.717) is 17.4 Å². The van der Waals surface area contributed by atoms with E-state index in [1.807, 2.05) is 6.92 Å². The number of nitrogens with zero attached hydrogens (tertiary/aromatic N) is 2. The summed E-state index contributed by atoms with van der Waals surface area (Å²) in [4.78, 5) is 12.0. The van der Waals surface area contributed by atoms with Crippen molar-refractivity contribution < 1.29 is 4.79 Å². The van der Waals surface area contributed by atoms with Crippen molar-refractivity contribution in [2.75, 3.05) is 5.88 Å². The minimum atomic E-state index is -0.0955. The van der Waals surface area contributed by atoms with Crippen molar-refractivity contribution in [1.29, 1.82) is 0 Å². The third-order valence-corrected chi connectivity index (χ3v) is 2.91. The molecule has 5 heteroatoms. The summed E-state index contributed by atoms with van der Waals surface area (Å²) in [5.74, 6) is 0.847. The van der Waals surface area contributed by atoms with Crippen molar-refractivity contribution in [3.8, 4) is 0 Å². The molecule has 17 heavy (non-hydrogen) atoms. The molecule has 1 atom stereocenters. The number of aryl methyl sites for hydroxylation is 2. The van der Waals surface area contributed by atoms with Crippen molar-refractivity contribution in [3.63, 3.8) is 0 Å². The van der Waals surface area contributed by atoms with Gasteiger partial charge >= 0.3 is 0 Å². The highest BCUT2D eigenvalue weighted by Crippen LogP contribution is 2.09. The van der Waals surface area contributed by atoms with Crippen molar-refractivity contribution in [3.05, 3.63) is 17.5 Å². The Morgan fingerprint density at radius 2 is 2.24 bits per heavy atom. The van der Waals surface area contributed by atoms with Crippen molar-refractivity contribution in [1.82, 2.24) is 15.1 Å². The largest absolute Gasteiger partial charge is 0.348 e. The molecule has 0 aliphatic carbocycles. The van der Waals surface area contributed by atoms with Crippen LogP contribution in [-0.4, -0.2) is 27.6 Å². The standard InChI is InChI=1S/C12H20ClN3O/c1-8(2)5-10(6-13)14-12(17)11-7-16(4)15-9(11)3/h7-8,10H,5-6H2,1-4H3,(H,14,17). The fourth-order valence-corrected chi connectivity index (χ4v) is 2.02. The van der Waals surface area contributed by atoms with Crippen LogP contribution in [0.1, 0.15) is 36.3 Å². The number of carbonyl (C=O) groups is 1. The summed E-state index contributed by atoms with van der Waals surface area (Å²) in [7, 11) is 1.80. The van der Waals surface area contributed by atoms with Gasteiger partial charge in [-0.3, -0.25) is 9.48 Å². The van der Waals surface area contributed by atoms with Crippen LogP contribution in [0.25, 0.3) is 0 Å². The lowest BCUT2D eigenvalue weighted by Crippen LogP contribution is -2.37. The normalized spacial score (nSPS) is 12.8. The van der Waals surface area contributed by atoms with Crippen LogP contribution < -0.4 is 5.32 Å². The first-order valence-electron chi connectivity index (χ1n) is 5.81. The number of halogens is 1. The van der Waals surface area contributed by atoms with E-state index in [1.54, 1.807) is 17.9 Å². The predicted octanol–water partition coefficient (Wildman–Crippen LogP) is 2.11. The fourth-order valence-electron chi connectivity index (χ4n) is 1.82. The van der Waals surface area contributed by atoms with Gasteiger partial charge < -0.3 is 5.32 Å². The molecule has 0 fully saturated rings. The maximum absolute atomic E-state index is 12.0. The molecule has 0 bridgehead atoms. The molecule has 1 amide bonds. The molecule has 0 aromatic carbocycles. The summed E-state index contributed by atoms with van der Waals surface area (Å²) >= 11 is 5.85. The van der Waals surface area contributed by atoms with E-state index in [1.165, 1.54) is 0 Å². The average molecular weight is 258 g/mol. The summed E-state index contributed by atoms with van der Waals surface area (Å²) in [6, 6.07) is 0.0174. The van der Waals surface area contributed by atoms with Gasteiger partial charge in [0.05, 0.1) is 11.3 Å². The Morgan fingerprint density at radius 3 is 2.65 bits per heavy atom. The van der Waals surface area contributed by atoms with Crippen LogP contribution >= 0.6 is 11.6 Å². The van der Waals surface area contributed by atoms with Crippen LogP contribution in [0.2, 0.25) is 0 Å². The van der Waals surface area contributed by atoms with E-state index in [0.717, 1.165) is 12.1 Å². The Hall–Kier alpha value is -1.03. The first-order valence-corrected chi connectivity index (χ1v) is 6.34. The molecule has 0 saturated heterocycles. The van der Waals surface area contributed by atoms with Crippen LogP contribution in [-0.2, 0) is 7.05 Å². The highest BCUT2D eigenvalue weighted by atomic mass is 35.5. The minimum Gasteiger partial charge on any atom is -0.348 e. The average Bonchev–Trinajstić information content (AvgIpc) is 2.56. The molecule has 0 spiro atoms. The molecule has 0 radical (unpaired) electrons. The van der Waals surface area contributed by atoms with Gasteiger partial charge in [-0.1, -0.05) is 13.8 Å². The van der Waals surface area contributed by atoms with Gasteiger partial charge in [-0.05, 0) is 19.3 Å².